The number of nitrogens with zero attached hydrogens (tertiary/aromatic N) is 2. The van der Waals surface area contributed by atoms with E-state index < -0.39 is 6.36 Å². The van der Waals surface area contributed by atoms with Crippen LogP contribution in [0, 0.1) is 6.92 Å². The summed E-state index contributed by atoms with van der Waals surface area (Å²) in [4.78, 5) is 0. The third-order valence-corrected chi connectivity index (χ3v) is 3.38. The zero-order chi connectivity index (χ0) is 15.9. The van der Waals surface area contributed by atoms with Gasteiger partial charge < -0.3 is 4.74 Å². The van der Waals surface area contributed by atoms with E-state index >= 15 is 0 Å². The molecule has 2 aromatic heterocycles. The molecular formula is C15H10ClF3N2O. The van der Waals surface area contributed by atoms with Gasteiger partial charge in [-0.05, 0) is 36.8 Å². The Bertz CT molecular complexity index is 825. The van der Waals surface area contributed by atoms with Gasteiger partial charge in [0, 0.05) is 16.8 Å². The fraction of sp³-hybridized carbons (Fsp3) is 0.133. The predicted molar refractivity (Wildman–Crippen MR) is 77.1 cm³/mol. The topological polar surface area (TPSA) is 26.5 Å². The lowest BCUT2D eigenvalue weighted by Crippen LogP contribution is -2.16. The summed E-state index contributed by atoms with van der Waals surface area (Å²) >= 11 is 6.00. The van der Waals surface area contributed by atoms with E-state index in [2.05, 4.69) is 9.84 Å². The Morgan fingerprint density at radius 3 is 2.45 bits per heavy atom. The molecule has 114 valence electrons. The Labute approximate surface area is 128 Å². The van der Waals surface area contributed by atoms with Gasteiger partial charge in [-0.3, -0.25) is 0 Å². The third kappa shape index (κ3) is 2.87. The molecule has 0 unspecified atom stereocenters. The van der Waals surface area contributed by atoms with Gasteiger partial charge in [-0.2, -0.15) is 5.10 Å². The van der Waals surface area contributed by atoms with Crippen LogP contribution in [0.1, 0.15) is 5.69 Å². The number of aryl methyl sites for hydroxylation is 1. The second-order valence-corrected chi connectivity index (χ2v) is 5.14. The Morgan fingerprint density at radius 1 is 1.14 bits per heavy atom. The molecule has 0 saturated carbocycles. The smallest absolute Gasteiger partial charge is 0.406 e. The number of pyridine rings is 1. The van der Waals surface area contributed by atoms with Crippen molar-refractivity contribution in [3.63, 3.8) is 0 Å². The maximum atomic E-state index is 12.2. The van der Waals surface area contributed by atoms with E-state index in [-0.39, 0.29) is 5.75 Å². The van der Waals surface area contributed by atoms with Crippen molar-refractivity contribution in [3.05, 3.63) is 53.3 Å². The molecule has 0 amide bonds. The largest absolute Gasteiger partial charge is 0.573 e. The molecule has 0 radical (unpaired) electrons. The van der Waals surface area contributed by atoms with Crippen LogP contribution in [0.5, 0.6) is 5.75 Å². The molecule has 7 heteroatoms. The van der Waals surface area contributed by atoms with Crippen LogP contribution in [-0.4, -0.2) is 16.0 Å². The van der Waals surface area contributed by atoms with E-state index in [0.29, 0.717) is 5.02 Å². The molecule has 3 nitrogen and oxygen atoms in total. The number of aromatic nitrogens is 2. The number of hydrogen-bond donors (Lipinski definition) is 0. The minimum atomic E-state index is -4.70. The highest BCUT2D eigenvalue weighted by molar-refractivity contribution is 6.31. The van der Waals surface area contributed by atoms with Crippen LogP contribution in [0.2, 0.25) is 5.02 Å². The normalized spacial score (nSPS) is 11.9. The van der Waals surface area contributed by atoms with Gasteiger partial charge >= 0.3 is 6.36 Å². The molecule has 0 aliphatic rings. The van der Waals surface area contributed by atoms with Crippen molar-refractivity contribution in [1.82, 2.24) is 9.61 Å². The minimum absolute atomic E-state index is 0.261. The van der Waals surface area contributed by atoms with E-state index in [0.717, 1.165) is 22.3 Å². The van der Waals surface area contributed by atoms with E-state index in [1.807, 2.05) is 6.92 Å². The van der Waals surface area contributed by atoms with Crippen LogP contribution in [0.4, 0.5) is 13.2 Å². The predicted octanol–water partition coefficient (Wildman–Crippen LogP) is 4.86. The monoisotopic (exact) mass is 326 g/mol. The summed E-state index contributed by atoms with van der Waals surface area (Å²) in [5.41, 5.74) is 3.10. The highest BCUT2D eigenvalue weighted by atomic mass is 35.5. The Hall–Kier alpha value is -2.21. The Kier molecular flexibility index (Phi) is 3.48. The minimum Gasteiger partial charge on any atom is -0.406 e. The van der Waals surface area contributed by atoms with E-state index in [9.17, 15) is 13.2 Å². The van der Waals surface area contributed by atoms with Gasteiger partial charge in [-0.1, -0.05) is 23.7 Å². The molecule has 3 aromatic rings. The number of alkyl halides is 3. The number of rotatable bonds is 2. The summed E-state index contributed by atoms with van der Waals surface area (Å²) in [6, 6.07) is 9.15. The maximum Gasteiger partial charge on any atom is 0.573 e. The first kappa shape index (κ1) is 14.7. The van der Waals surface area contributed by atoms with Crippen molar-refractivity contribution in [1.29, 1.82) is 0 Å². The van der Waals surface area contributed by atoms with Gasteiger partial charge in [0.25, 0.3) is 0 Å². The lowest BCUT2D eigenvalue weighted by atomic mass is 10.0. The van der Waals surface area contributed by atoms with E-state index in [1.54, 1.807) is 35.0 Å². The van der Waals surface area contributed by atoms with Crippen molar-refractivity contribution in [3.8, 4) is 16.9 Å². The summed E-state index contributed by atoms with van der Waals surface area (Å²) < 4.78 is 42.1. The zero-order valence-corrected chi connectivity index (χ0v) is 12.1. The maximum absolute atomic E-state index is 12.2. The van der Waals surface area contributed by atoms with Crippen LogP contribution < -0.4 is 4.74 Å². The van der Waals surface area contributed by atoms with Gasteiger partial charge in [-0.25, -0.2) is 4.52 Å². The highest BCUT2D eigenvalue weighted by Gasteiger charge is 2.31. The average Bonchev–Trinajstić information content (AvgIpc) is 2.73. The fourth-order valence-corrected chi connectivity index (χ4v) is 2.48. The fourth-order valence-electron chi connectivity index (χ4n) is 2.32. The second kappa shape index (κ2) is 5.21. The molecule has 0 bridgehead atoms. The van der Waals surface area contributed by atoms with Gasteiger partial charge in [0.15, 0.2) is 0 Å². The zero-order valence-electron chi connectivity index (χ0n) is 11.4. The summed E-state index contributed by atoms with van der Waals surface area (Å²) in [6.07, 6.45) is -2.97. The van der Waals surface area contributed by atoms with Gasteiger partial charge in [0.2, 0.25) is 0 Å². The molecule has 0 atom stereocenters. The molecule has 0 aliphatic heterocycles. The molecule has 2 heterocycles. The quantitative estimate of drug-likeness (QED) is 0.672. The summed E-state index contributed by atoms with van der Waals surface area (Å²) in [7, 11) is 0. The van der Waals surface area contributed by atoms with Crippen LogP contribution in [0.15, 0.2) is 42.6 Å². The van der Waals surface area contributed by atoms with Gasteiger partial charge in [0.05, 0.1) is 11.2 Å². The third-order valence-electron chi connectivity index (χ3n) is 3.15. The lowest BCUT2D eigenvalue weighted by Gasteiger charge is -2.09. The molecule has 22 heavy (non-hydrogen) atoms. The summed E-state index contributed by atoms with van der Waals surface area (Å²) in [5.74, 6) is -0.261. The average molecular weight is 327 g/mol. The second-order valence-electron chi connectivity index (χ2n) is 4.71. The molecule has 0 fully saturated rings. The first-order valence-corrected chi connectivity index (χ1v) is 6.72. The Morgan fingerprint density at radius 2 is 1.82 bits per heavy atom. The number of ether oxygens (including phenoxy) is 1. The van der Waals surface area contributed by atoms with E-state index in [4.69, 9.17) is 11.6 Å². The highest BCUT2D eigenvalue weighted by Crippen LogP contribution is 2.31. The lowest BCUT2D eigenvalue weighted by molar-refractivity contribution is -0.274. The van der Waals surface area contributed by atoms with Gasteiger partial charge in [0.1, 0.15) is 5.75 Å². The van der Waals surface area contributed by atoms with Gasteiger partial charge in [-0.15, -0.1) is 13.2 Å². The van der Waals surface area contributed by atoms with Crippen molar-refractivity contribution >= 4 is 17.1 Å². The Balaban J connectivity index is 2.04. The first-order valence-electron chi connectivity index (χ1n) is 6.34. The molecular weight excluding hydrogens is 317 g/mol. The van der Waals surface area contributed by atoms with Crippen LogP contribution in [0.3, 0.4) is 0 Å². The number of hydrogen-bond acceptors (Lipinski definition) is 2. The SMILES string of the molecule is Cc1nn2ccc(Cl)cc2c1-c1ccc(OC(F)(F)F)cc1. The first-order chi connectivity index (χ1) is 10.3. The van der Waals surface area contributed by atoms with Crippen LogP contribution in [-0.2, 0) is 0 Å². The number of benzene rings is 1. The van der Waals surface area contributed by atoms with Crippen LogP contribution >= 0.6 is 11.6 Å². The van der Waals surface area contributed by atoms with Crippen molar-refractivity contribution < 1.29 is 17.9 Å². The van der Waals surface area contributed by atoms with Crippen molar-refractivity contribution in [2.24, 2.45) is 0 Å². The molecule has 1 aromatic carbocycles. The molecule has 0 N–H and O–H groups in total. The number of fused-ring (bicyclic) bond motifs is 1. The van der Waals surface area contributed by atoms with E-state index in [1.165, 1.54) is 12.1 Å². The molecule has 0 aliphatic carbocycles. The summed E-state index contributed by atoms with van der Waals surface area (Å²) in [6.45, 7) is 1.83. The summed E-state index contributed by atoms with van der Waals surface area (Å²) in [5, 5.41) is 4.92. The van der Waals surface area contributed by atoms with Crippen LogP contribution in [0.25, 0.3) is 16.6 Å². The molecule has 3 rings (SSSR count). The molecule has 0 spiro atoms. The van der Waals surface area contributed by atoms with Crippen molar-refractivity contribution in [2.45, 2.75) is 13.3 Å². The molecule has 0 saturated heterocycles. The number of halogens is 4. The standard InChI is InChI=1S/C15H10ClF3N2O/c1-9-14(13-8-11(16)6-7-21(13)20-9)10-2-4-12(5-3-10)22-15(17,18)19/h2-8H,1H3. The van der Waals surface area contributed by atoms with Crippen molar-refractivity contribution in [2.75, 3.05) is 0 Å².